The summed E-state index contributed by atoms with van der Waals surface area (Å²) < 4.78 is 27.5. The number of halogens is 1. The van der Waals surface area contributed by atoms with Crippen LogP contribution in [0.2, 0.25) is 0 Å². The van der Waals surface area contributed by atoms with Crippen molar-refractivity contribution in [1.29, 1.82) is 0 Å². The summed E-state index contributed by atoms with van der Waals surface area (Å²) in [5, 5.41) is 3.06. The number of nitrogens with one attached hydrogen (secondary N) is 1. The maximum absolute atomic E-state index is 12.6. The first kappa shape index (κ1) is 14.0. The van der Waals surface area contributed by atoms with E-state index in [1.54, 1.807) is 22.5 Å². The number of nitrogens with zero attached hydrogens (tertiary/aromatic N) is 1. The highest BCUT2D eigenvalue weighted by atomic mass is 79.9. The van der Waals surface area contributed by atoms with Crippen LogP contribution >= 0.6 is 15.9 Å². The summed E-state index contributed by atoms with van der Waals surface area (Å²) in [6.07, 6.45) is 1.85. The van der Waals surface area contributed by atoms with Gasteiger partial charge in [-0.25, -0.2) is 8.42 Å². The standard InChI is InChI=1S/C12H17BrN2O2S/c1-14-9-10-5-4-8-15(10)18(16,17)12-7-3-2-6-11(12)13/h2-3,6-7,10,14H,4-5,8-9H2,1H3/t10-/m1/s1. The van der Waals surface area contributed by atoms with Crippen LogP contribution < -0.4 is 5.32 Å². The number of sulfonamides is 1. The summed E-state index contributed by atoms with van der Waals surface area (Å²) in [6.45, 7) is 1.31. The summed E-state index contributed by atoms with van der Waals surface area (Å²) in [7, 11) is -1.55. The lowest BCUT2D eigenvalue weighted by atomic mass is 10.2. The fourth-order valence-corrected chi connectivity index (χ4v) is 5.00. The largest absolute Gasteiger partial charge is 0.318 e. The van der Waals surface area contributed by atoms with Crippen molar-refractivity contribution in [2.24, 2.45) is 0 Å². The molecule has 6 heteroatoms. The Labute approximate surface area is 117 Å². The first-order valence-electron chi connectivity index (χ1n) is 5.98. The van der Waals surface area contributed by atoms with Gasteiger partial charge in [-0.3, -0.25) is 0 Å². The zero-order chi connectivity index (χ0) is 13.2. The van der Waals surface area contributed by atoms with Crippen molar-refractivity contribution in [2.75, 3.05) is 20.1 Å². The summed E-state index contributed by atoms with van der Waals surface area (Å²) in [6, 6.07) is 7.04. The van der Waals surface area contributed by atoms with Gasteiger partial charge in [0.25, 0.3) is 0 Å². The van der Waals surface area contributed by atoms with E-state index < -0.39 is 10.0 Å². The Morgan fingerprint density at radius 2 is 2.17 bits per heavy atom. The molecule has 1 heterocycles. The molecule has 100 valence electrons. The van der Waals surface area contributed by atoms with E-state index >= 15 is 0 Å². The predicted octanol–water partition coefficient (Wildman–Crippen LogP) is 1.82. The van der Waals surface area contributed by atoms with Crippen LogP contribution in [0, 0.1) is 0 Å². The molecule has 0 saturated carbocycles. The second-order valence-electron chi connectivity index (χ2n) is 4.40. The first-order valence-corrected chi connectivity index (χ1v) is 8.21. The third-order valence-corrected chi connectivity index (χ3v) is 6.15. The summed E-state index contributed by atoms with van der Waals surface area (Å²) in [5.74, 6) is 0. The van der Waals surface area contributed by atoms with E-state index in [1.165, 1.54) is 0 Å². The first-order chi connectivity index (χ1) is 8.57. The van der Waals surface area contributed by atoms with Gasteiger partial charge in [-0.1, -0.05) is 12.1 Å². The van der Waals surface area contributed by atoms with Crippen LogP contribution in [0.4, 0.5) is 0 Å². The third kappa shape index (κ3) is 2.61. The van der Waals surface area contributed by atoms with E-state index in [0.29, 0.717) is 22.5 Å². The van der Waals surface area contributed by atoms with Crippen LogP contribution in [0.5, 0.6) is 0 Å². The highest BCUT2D eigenvalue weighted by Gasteiger charge is 2.35. The molecule has 0 bridgehead atoms. The van der Waals surface area contributed by atoms with Crippen LogP contribution in [-0.4, -0.2) is 38.9 Å². The Morgan fingerprint density at radius 3 is 2.83 bits per heavy atom. The molecule has 1 fully saturated rings. The normalized spacial score (nSPS) is 21.3. The second kappa shape index (κ2) is 5.69. The number of likely N-dealkylation sites (N-methyl/N-ethyl adjacent to an activating group) is 1. The van der Waals surface area contributed by atoms with Crippen molar-refractivity contribution in [3.63, 3.8) is 0 Å². The molecule has 1 aliphatic rings. The van der Waals surface area contributed by atoms with Gasteiger partial charge in [0, 0.05) is 23.6 Å². The SMILES string of the molecule is CNC[C@H]1CCCN1S(=O)(=O)c1ccccc1Br. The molecular formula is C12H17BrN2O2S. The lowest BCUT2D eigenvalue weighted by molar-refractivity contribution is 0.379. The van der Waals surface area contributed by atoms with Crippen molar-refractivity contribution >= 4 is 26.0 Å². The van der Waals surface area contributed by atoms with Crippen molar-refractivity contribution in [1.82, 2.24) is 9.62 Å². The van der Waals surface area contributed by atoms with E-state index in [2.05, 4.69) is 21.2 Å². The molecule has 1 aliphatic heterocycles. The second-order valence-corrected chi connectivity index (χ2v) is 7.11. The quantitative estimate of drug-likeness (QED) is 0.914. The molecule has 1 N–H and O–H groups in total. The third-order valence-electron chi connectivity index (χ3n) is 3.19. The minimum absolute atomic E-state index is 0.0621. The maximum atomic E-state index is 12.6. The van der Waals surface area contributed by atoms with Gasteiger partial charge in [0.1, 0.15) is 0 Å². The smallest absolute Gasteiger partial charge is 0.244 e. The number of rotatable bonds is 4. The molecule has 1 atom stereocenters. The number of hydrogen-bond acceptors (Lipinski definition) is 3. The average molecular weight is 333 g/mol. The van der Waals surface area contributed by atoms with Gasteiger partial charge < -0.3 is 5.32 Å². The average Bonchev–Trinajstić information content (AvgIpc) is 2.79. The van der Waals surface area contributed by atoms with Gasteiger partial charge in [-0.15, -0.1) is 0 Å². The zero-order valence-electron chi connectivity index (χ0n) is 10.3. The van der Waals surface area contributed by atoms with Gasteiger partial charge in [0.2, 0.25) is 10.0 Å². The van der Waals surface area contributed by atoms with E-state index in [0.717, 1.165) is 12.8 Å². The Bertz CT molecular complexity index is 519. The van der Waals surface area contributed by atoms with Crippen molar-refractivity contribution < 1.29 is 8.42 Å². The van der Waals surface area contributed by atoms with Gasteiger partial charge in [0.15, 0.2) is 0 Å². The van der Waals surface area contributed by atoms with Gasteiger partial charge in [-0.2, -0.15) is 4.31 Å². The molecule has 1 saturated heterocycles. The number of hydrogen-bond donors (Lipinski definition) is 1. The van der Waals surface area contributed by atoms with Gasteiger partial charge in [0.05, 0.1) is 4.90 Å². The molecule has 0 amide bonds. The van der Waals surface area contributed by atoms with Crippen LogP contribution in [0.25, 0.3) is 0 Å². The Balaban J connectivity index is 2.34. The molecule has 0 aromatic heterocycles. The van der Waals surface area contributed by atoms with Crippen LogP contribution in [-0.2, 0) is 10.0 Å². The van der Waals surface area contributed by atoms with E-state index in [9.17, 15) is 8.42 Å². The minimum atomic E-state index is -3.39. The molecule has 4 nitrogen and oxygen atoms in total. The van der Waals surface area contributed by atoms with Gasteiger partial charge >= 0.3 is 0 Å². The Hall–Kier alpha value is -0.430. The lowest BCUT2D eigenvalue weighted by Crippen LogP contribution is -2.40. The topological polar surface area (TPSA) is 49.4 Å². The molecule has 0 unspecified atom stereocenters. The molecule has 1 aromatic carbocycles. The summed E-state index contributed by atoms with van der Waals surface area (Å²) in [4.78, 5) is 0.355. The molecule has 0 spiro atoms. The fourth-order valence-electron chi connectivity index (χ4n) is 2.35. The summed E-state index contributed by atoms with van der Waals surface area (Å²) >= 11 is 3.32. The van der Waals surface area contributed by atoms with E-state index in [-0.39, 0.29) is 6.04 Å². The van der Waals surface area contributed by atoms with Gasteiger partial charge in [-0.05, 0) is 48.0 Å². The monoisotopic (exact) mass is 332 g/mol. The van der Waals surface area contributed by atoms with Crippen LogP contribution in [0.15, 0.2) is 33.6 Å². The minimum Gasteiger partial charge on any atom is -0.318 e. The van der Waals surface area contributed by atoms with Crippen LogP contribution in [0.1, 0.15) is 12.8 Å². The van der Waals surface area contributed by atoms with Crippen molar-refractivity contribution in [3.8, 4) is 0 Å². The molecule has 1 aromatic rings. The molecule has 0 radical (unpaired) electrons. The summed E-state index contributed by atoms with van der Waals surface area (Å²) in [5.41, 5.74) is 0. The van der Waals surface area contributed by atoms with E-state index in [1.807, 2.05) is 13.1 Å². The maximum Gasteiger partial charge on any atom is 0.244 e. The van der Waals surface area contributed by atoms with E-state index in [4.69, 9.17) is 0 Å². The molecule has 18 heavy (non-hydrogen) atoms. The Kier molecular flexibility index (Phi) is 4.42. The van der Waals surface area contributed by atoms with Crippen LogP contribution in [0.3, 0.4) is 0 Å². The fraction of sp³-hybridized carbons (Fsp3) is 0.500. The molecule has 0 aliphatic carbocycles. The molecular weight excluding hydrogens is 316 g/mol. The zero-order valence-corrected chi connectivity index (χ0v) is 12.7. The molecule has 2 rings (SSSR count). The highest BCUT2D eigenvalue weighted by Crippen LogP contribution is 2.29. The van der Waals surface area contributed by atoms with Crippen molar-refractivity contribution in [3.05, 3.63) is 28.7 Å². The predicted molar refractivity (Wildman–Crippen MR) is 75.0 cm³/mol. The highest BCUT2D eigenvalue weighted by molar-refractivity contribution is 9.10. The Morgan fingerprint density at radius 1 is 1.44 bits per heavy atom. The number of benzene rings is 1. The van der Waals surface area contributed by atoms with Crippen molar-refractivity contribution in [2.45, 2.75) is 23.8 Å². The lowest BCUT2D eigenvalue weighted by Gasteiger charge is -2.24.